The van der Waals surface area contributed by atoms with Crippen molar-refractivity contribution in [1.82, 2.24) is 5.32 Å². The summed E-state index contributed by atoms with van der Waals surface area (Å²) in [5.41, 5.74) is 0. The van der Waals surface area contributed by atoms with E-state index in [9.17, 15) is 0 Å². The van der Waals surface area contributed by atoms with Crippen molar-refractivity contribution < 1.29 is 9.47 Å². The first kappa shape index (κ1) is 14.3. The minimum absolute atomic E-state index is 0.471. The third kappa shape index (κ3) is 3.69. The van der Waals surface area contributed by atoms with Gasteiger partial charge in [0.1, 0.15) is 0 Å². The molecule has 2 rings (SSSR count). The standard InChI is InChI=1S/C15H29NO2/c1-3-15-13(9-11-18-15)14(16-4-2)8-7-12-6-5-10-17-12/h12-16H,3-11H2,1-2H3. The number of hydrogen-bond donors (Lipinski definition) is 1. The van der Waals surface area contributed by atoms with Crippen LogP contribution >= 0.6 is 0 Å². The zero-order valence-corrected chi connectivity index (χ0v) is 12.0. The van der Waals surface area contributed by atoms with E-state index in [1.54, 1.807) is 0 Å². The Hall–Kier alpha value is -0.120. The molecule has 2 aliphatic rings. The topological polar surface area (TPSA) is 30.5 Å². The lowest BCUT2D eigenvalue weighted by Crippen LogP contribution is -2.40. The normalized spacial score (nSPS) is 34.0. The summed E-state index contributed by atoms with van der Waals surface area (Å²) < 4.78 is 11.6. The molecule has 0 spiro atoms. The second kappa shape index (κ2) is 7.46. The van der Waals surface area contributed by atoms with Crippen molar-refractivity contribution in [3.05, 3.63) is 0 Å². The van der Waals surface area contributed by atoms with Crippen molar-refractivity contribution >= 4 is 0 Å². The molecule has 106 valence electrons. The molecule has 18 heavy (non-hydrogen) atoms. The van der Waals surface area contributed by atoms with E-state index in [0.717, 1.165) is 26.2 Å². The van der Waals surface area contributed by atoms with Crippen molar-refractivity contribution in [3.8, 4) is 0 Å². The van der Waals surface area contributed by atoms with Gasteiger partial charge in [-0.15, -0.1) is 0 Å². The Morgan fingerprint density at radius 2 is 2.06 bits per heavy atom. The molecule has 0 aromatic rings. The second-order valence-corrected chi connectivity index (χ2v) is 5.65. The van der Waals surface area contributed by atoms with Gasteiger partial charge in [0.15, 0.2) is 0 Å². The minimum Gasteiger partial charge on any atom is -0.378 e. The average Bonchev–Trinajstić information content (AvgIpc) is 3.04. The highest BCUT2D eigenvalue weighted by Gasteiger charge is 2.33. The molecule has 0 amide bonds. The molecule has 0 radical (unpaired) electrons. The largest absolute Gasteiger partial charge is 0.378 e. The summed E-state index contributed by atoms with van der Waals surface area (Å²) in [6, 6.07) is 0.617. The van der Waals surface area contributed by atoms with Crippen LogP contribution in [0.1, 0.15) is 52.4 Å². The summed E-state index contributed by atoms with van der Waals surface area (Å²) in [4.78, 5) is 0. The number of hydrogen-bond acceptors (Lipinski definition) is 3. The molecule has 4 unspecified atom stereocenters. The van der Waals surface area contributed by atoms with E-state index in [1.807, 2.05) is 0 Å². The van der Waals surface area contributed by atoms with E-state index in [0.29, 0.717) is 24.2 Å². The van der Waals surface area contributed by atoms with Crippen molar-refractivity contribution in [2.75, 3.05) is 19.8 Å². The maximum Gasteiger partial charge on any atom is 0.0616 e. The van der Waals surface area contributed by atoms with Crippen LogP contribution in [0.25, 0.3) is 0 Å². The summed E-state index contributed by atoms with van der Waals surface area (Å²) in [6.45, 7) is 7.43. The van der Waals surface area contributed by atoms with Gasteiger partial charge in [-0.05, 0) is 45.1 Å². The van der Waals surface area contributed by atoms with Gasteiger partial charge < -0.3 is 14.8 Å². The quantitative estimate of drug-likeness (QED) is 0.759. The van der Waals surface area contributed by atoms with E-state index in [1.165, 1.54) is 32.1 Å². The van der Waals surface area contributed by atoms with Crippen LogP contribution in [0, 0.1) is 5.92 Å². The van der Waals surface area contributed by atoms with Crippen molar-refractivity contribution in [3.63, 3.8) is 0 Å². The van der Waals surface area contributed by atoms with E-state index in [4.69, 9.17) is 9.47 Å². The Morgan fingerprint density at radius 3 is 2.72 bits per heavy atom. The Morgan fingerprint density at radius 1 is 1.17 bits per heavy atom. The van der Waals surface area contributed by atoms with Gasteiger partial charge in [0.2, 0.25) is 0 Å². The fraction of sp³-hybridized carbons (Fsp3) is 1.00. The minimum atomic E-state index is 0.471. The summed E-state index contributed by atoms with van der Waals surface area (Å²) in [6.07, 6.45) is 8.33. The van der Waals surface area contributed by atoms with Crippen LogP contribution in [0.15, 0.2) is 0 Å². The molecular weight excluding hydrogens is 226 g/mol. The SMILES string of the molecule is CCNC(CCC1CCCO1)C1CCOC1CC. The molecule has 0 saturated carbocycles. The summed E-state index contributed by atoms with van der Waals surface area (Å²) in [5, 5.41) is 3.68. The van der Waals surface area contributed by atoms with Crippen LogP contribution < -0.4 is 5.32 Å². The van der Waals surface area contributed by atoms with Gasteiger partial charge in [0.05, 0.1) is 12.2 Å². The van der Waals surface area contributed by atoms with Crippen molar-refractivity contribution in [2.24, 2.45) is 5.92 Å². The lowest BCUT2D eigenvalue weighted by atomic mass is 9.87. The number of ether oxygens (including phenoxy) is 2. The fourth-order valence-electron chi connectivity index (χ4n) is 3.51. The second-order valence-electron chi connectivity index (χ2n) is 5.65. The monoisotopic (exact) mass is 255 g/mol. The van der Waals surface area contributed by atoms with E-state index in [-0.39, 0.29) is 0 Å². The van der Waals surface area contributed by atoms with Crippen LogP contribution in [0.5, 0.6) is 0 Å². The highest BCUT2D eigenvalue weighted by molar-refractivity contribution is 4.86. The summed E-state index contributed by atoms with van der Waals surface area (Å²) in [5.74, 6) is 0.705. The van der Waals surface area contributed by atoms with Crippen LogP contribution in [0.3, 0.4) is 0 Å². The molecule has 0 bridgehead atoms. The Kier molecular flexibility index (Phi) is 5.93. The first-order chi connectivity index (χ1) is 8.85. The first-order valence-electron chi connectivity index (χ1n) is 7.81. The van der Waals surface area contributed by atoms with Gasteiger partial charge in [-0.3, -0.25) is 0 Å². The van der Waals surface area contributed by atoms with Gasteiger partial charge >= 0.3 is 0 Å². The molecule has 3 nitrogen and oxygen atoms in total. The summed E-state index contributed by atoms with van der Waals surface area (Å²) in [7, 11) is 0. The van der Waals surface area contributed by atoms with Gasteiger partial charge in [-0.25, -0.2) is 0 Å². The van der Waals surface area contributed by atoms with Gasteiger partial charge in [0.25, 0.3) is 0 Å². The summed E-state index contributed by atoms with van der Waals surface area (Å²) >= 11 is 0. The Labute approximate surface area is 112 Å². The number of nitrogens with one attached hydrogen (secondary N) is 1. The molecule has 2 heterocycles. The van der Waals surface area contributed by atoms with E-state index < -0.39 is 0 Å². The first-order valence-corrected chi connectivity index (χ1v) is 7.81. The predicted octanol–water partition coefficient (Wildman–Crippen LogP) is 2.74. The molecule has 0 aliphatic carbocycles. The third-order valence-electron chi connectivity index (χ3n) is 4.47. The highest BCUT2D eigenvalue weighted by atomic mass is 16.5. The van der Waals surface area contributed by atoms with Crippen LogP contribution in [0.2, 0.25) is 0 Å². The van der Waals surface area contributed by atoms with Crippen molar-refractivity contribution in [2.45, 2.75) is 70.6 Å². The van der Waals surface area contributed by atoms with Gasteiger partial charge in [-0.2, -0.15) is 0 Å². The predicted molar refractivity (Wildman–Crippen MR) is 73.8 cm³/mol. The molecule has 2 fully saturated rings. The van der Waals surface area contributed by atoms with Crippen molar-refractivity contribution in [1.29, 1.82) is 0 Å². The maximum atomic E-state index is 5.84. The smallest absolute Gasteiger partial charge is 0.0616 e. The molecule has 0 aromatic carbocycles. The van der Waals surface area contributed by atoms with Gasteiger partial charge in [0, 0.05) is 25.2 Å². The maximum absolute atomic E-state index is 5.84. The molecule has 1 N–H and O–H groups in total. The van der Waals surface area contributed by atoms with Crippen LogP contribution in [0.4, 0.5) is 0 Å². The average molecular weight is 255 g/mol. The molecule has 3 heteroatoms. The number of rotatable bonds is 7. The van der Waals surface area contributed by atoms with Crippen LogP contribution in [-0.2, 0) is 9.47 Å². The lowest BCUT2D eigenvalue weighted by molar-refractivity contribution is 0.0689. The molecule has 2 aliphatic heterocycles. The molecule has 0 aromatic heterocycles. The van der Waals surface area contributed by atoms with E-state index in [2.05, 4.69) is 19.2 Å². The van der Waals surface area contributed by atoms with Gasteiger partial charge in [-0.1, -0.05) is 13.8 Å². The zero-order chi connectivity index (χ0) is 12.8. The van der Waals surface area contributed by atoms with E-state index >= 15 is 0 Å². The zero-order valence-electron chi connectivity index (χ0n) is 12.0. The lowest BCUT2D eigenvalue weighted by Gasteiger charge is -2.28. The Bertz CT molecular complexity index is 229. The molecule has 2 saturated heterocycles. The third-order valence-corrected chi connectivity index (χ3v) is 4.47. The Balaban J connectivity index is 1.82. The fourth-order valence-corrected chi connectivity index (χ4v) is 3.51. The molecule has 4 atom stereocenters. The molecular formula is C15H29NO2. The highest BCUT2D eigenvalue weighted by Crippen LogP contribution is 2.29. The van der Waals surface area contributed by atoms with Crippen LogP contribution in [-0.4, -0.2) is 38.0 Å².